The van der Waals surface area contributed by atoms with Crippen LogP contribution in [0.15, 0.2) is 103 Å². The maximum Gasteiger partial charge on any atom is 0.119 e. The minimum Gasteiger partial charge on any atom is -0.497 e. The van der Waals surface area contributed by atoms with Crippen molar-refractivity contribution in [3.8, 4) is 11.5 Å². The predicted octanol–water partition coefficient (Wildman–Crippen LogP) is 8.05. The molecule has 5 aromatic rings. The number of methoxy groups -OCH3 is 1. The minimum absolute atomic E-state index is 0.0813. The molecule has 6 rings (SSSR count). The largest absolute Gasteiger partial charge is 0.497 e. The first kappa shape index (κ1) is 24.5. The van der Waals surface area contributed by atoms with Crippen molar-refractivity contribution >= 4 is 21.5 Å². The van der Waals surface area contributed by atoms with Crippen molar-refractivity contribution in [3.05, 3.63) is 120 Å². The normalized spacial score (nSPS) is 15.0. The van der Waals surface area contributed by atoms with Crippen molar-refractivity contribution in [1.82, 2.24) is 4.90 Å². The van der Waals surface area contributed by atoms with Crippen LogP contribution < -0.4 is 9.47 Å². The van der Waals surface area contributed by atoms with Gasteiger partial charge in [0.15, 0.2) is 0 Å². The Morgan fingerprint density at radius 2 is 1.26 bits per heavy atom. The fourth-order valence-corrected chi connectivity index (χ4v) is 5.90. The summed E-state index contributed by atoms with van der Waals surface area (Å²) in [5.41, 5.74) is 3.80. The Bertz CT molecular complexity index is 1500. The van der Waals surface area contributed by atoms with E-state index in [4.69, 9.17) is 9.47 Å². The third-order valence-corrected chi connectivity index (χ3v) is 7.90. The second-order valence-electron chi connectivity index (χ2n) is 10.3. The molecule has 1 saturated heterocycles. The van der Waals surface area contributed by atoms with E-state index in [1.54, 1.807) is 7.11 Å². The van der Waals surface area contributed by atoms with E-state index in [-0.39, 0.29) is 5.92 Å². The van der Waals surface area contributed by atoms with Gasteiger partial charge < -0.3 is 9.47 Å². The lowest BCUT2D eigenvalue weighted by Crippen LogP contribution is -2.33. The summed E-state index contributed by atoms with van der Waals surface area (Å²) in [5.74, 6) is 1.88. The summed E-state index contributed by atoms with van der Waals surface area (Å²) in [6.07, 6.45) is 3.98. The second kappa shape index (κ2) is 11.3. The summed E-state index contributed by atoms with van der Waals surface area (Å²) in [6.45, 7) is 4.13. The molecule has 1 aliphatic rings. The van der Waals surface area contributed by atoms with Gasteiger partial charge in [-0.15, -0.1) is 0 Å². The number of hydrogen-bond acceptors (Lipinski definition) is 3. The van der Waals surface area contributed by atoms with Crippen molar-refractivity contribution in [2.24, 2.45) is 0 Å². The first-order valence-corrected chi connectivity index (χ1v) is 13.8. The Hall–Kier alpha value is -3.82. The molecular weight excluding hydrogens is 466 g/mol. The molecule has 3 nitrogen and oxygen atoms in total. The molecule has 0 aromatic heterocycles. The zero-order valence-electron chi connectivity index (χ0n) is 22.1. The molecule has 0 amide bonds. The molecule has 0 aliphatic carbocycles. The number of piperidine rings is 1. The van der Waals surface area contributed by atoms with Crippen LogP contribution in [0.2, 0.25) is 0 Å². The summed E-state index contributed by atoms with van der Waals surface area (Å²) >= 11 is 0. The van der Waals surface area contributed by atoms with Gasteiger partial charge in [-0.05, 0) is 94.5 Å². The van der Waals surface area contributed by atoms with E-state index in [0.29, 0.717) is 0 Å². The highest BCUT2D eigenvalue weighted by molar-refractivity contribution is 6.09. The first-order chi connectivity index (χ1) is 18.8. The molecule has 0 radical (unpaired) electrons. The molecule has 1 atom stereocenters. The van der Waals surface area contributed by atoms with Crippen LogP contribution >= 0.6 is 0 Å². The number of rotatable bonds is 8. The van der Waals surface area contributed by atoms with Crippen LogP contribution in [0.4, 0.5) is 0 Å². The predicted molar refractivity (Wildman–Crippen MR) is 158 cm³/mol. The van der Waals surface area contributed by atoms with Gasteiger partial charge in [-0.25, -0.2) is 0 Å². The summed E-state index contributed by atoms with van der Waals surface area (Å²) < 4.78 is 11.6. The molecule has 3 heteroatoms. The lowest BCUT2D eigenvalue weighted by molar-refractivity contribution is 0.183. The van der Waals surface area contributed by atoms with Crippen molar-refractivity contribution in [2.75, 3.05) is 33.4 Å². The highest BCUT2D eigenvalue weighted by atomic mass is 16.5. The number of nitrogens with zero attached hydrogens (tertiary/aromatic N) is 1. The van der Waals surface area contributed by atoms with Crippen molar-refractivity contribution in [3.63, 3.8) is 0 Å². The maximum atomic E-state index is 6.15. The van der Waals surface area contributed by atoms with E-state index in [1.165, 1.54) is 70.6 Å². The van der Waals surface area contributed by atoms with Gasteiger partial charge in [0.25, 0.3) is 0 Å². The van der Waals surface area contributed by atoms with Gasteiger partial charge in [0, 0.05) is 12.5 Å². The molecule has 5 aromatic carbocycles. The molecule has 1 heterocycles. The van der Waals surface area contributed by atoms with E-state index in [0.717, 1.165) is 24.7 Å². The van der Waals surface area contributed by atoms with E-state index in [2.05, 4.69) is 108 Å². The SMILES string of the molecule is COc1ccc(C(c2ccc(OCCN3CCCCC3)cc2)c2cc3ccccc3c3ccccc23)cc1. The first-order valence-electron chi connectivity index (χ1n) is 13.8. The van der Waals surface area contributed by atoms with E-state index in [9.17, 15) is 0 Å². The van der Waals surface area contributed by atoms with Crippen LogP contribution in [0.3, 0.4) is 0 Å². The zero-order valence-corrected chi connectivity index (χ0v) is 22.1. The van der Waals surface area contributed by atoms with E-state index >= 15 is 0 Å². The van der Waals surface area contributed by atoms with Crippen molar-refractivity contribution < 1.29 is 9.47 Å². The third-order valence-electron chi connectivity index (χ3n) is 7.90. The van der Waals surface area contributed by atoms with Crippen LogP contribution in [0.1, 0.15) is 41.9 Å². The highest BCUT2D eigenvalue weighted by Gasteiger charge is 2.21. The molecule has 38 heavy (non-hydrogen) atoms. The Kier molecular flexibility index (Phi) is 7.28. The smallest absolute Gasteiger partial charge is 0.119 e. The Morgan fingerprint density at radius 1 is 0.658 bits per heavy atom. The Labute approximate surface area is 225 Å². The number of benzene rings is 5. The van der Waals surface area contributed by atoms with Crippen LogP contribution in [-0.4, -0.2) is 38.3 Å². The molecule has 1 fully saturated rings. The van der Waals surface area contributed by atoms with Gasteiger partial charge in [-0.1, -0.05) is 79.2 Å². The van der Waals surface area contributed by atoms with Crippen molar-refractivity contribution in [1.29, 1.82) is 0 Å². The Balaban J connectivity index is 1.37. The fraction of sp³-hybridized carbons (Fsp3) is 0.257. The summed E-state index contributed by atoms with van der Waals surface area (Å²) in [7, 11) is 1.72. The Morgan fingerprint density at radius 3 is 1.95 bits per heavy atom. The molecule has 1 aliphatic heterocycles. The molecule has 0 bridgehead atoms. The molecule has 0 N–H and O–H groups in total. The van der Waals surface area contributed by atoms with E-state index < -0.39 is 0 Å². The van der Waals surface area contributed by atoms with Gasteiger partial charge in [0.1, 0.15) is 18.1 Å². The van der Waals surface area contributed by atoms with Crippen LogP contribution in [0, 0.1) is 0 Å². The van der Waals surface area contributed by atoms with Crippen LogP contribution in [-0.2, 0) is 0 Å². The standard InChI is InChI=1S/C35H35NO2/c1-37-29-17-13-26(14-18-29)35(27-15-19-30(20-16-27)38-24-23-36-21-7-2-8-22-36)34-25-28-9-3-4-10-31(28)32-11-5-6-12-33(32)34/h3-6,9-20,25,35H,2,7-8,21-24H2,1H3. The molecule has 1 unspecified atom stereocenters. The molecule has 192 valence electrons. The fourth-order valence-electron chi connectivity index (χ4n) is 5.90. The minimum atomic E-state index is 0.0813. The number of fused-ring (bicyclic) bond motifs is 3. The molecule has 0 saturated carbocycles. The lowest BCUT2D eigenvalue weighted by Gasteiger charge is -2.26. The maximum absolute atomic E-state index is 6.15. The van der Waals surface area contributed by atoms with Gasteiger partial charge in [-0.3, -0.25) is 4.90 Å². The topological polar surface area (TPSA) is 21.7 Å². The number of likely N-dealkylation sites (tertiary alicyclic amines) is 1. The number of hydrogen-bond donors (Lipinski definition) is 0. The average Bonchev–Trinajstić information content (AvgIpc) is 2.99. The quantitative estimate of drug-likeness (QED) is 0.159. The van der Waals surface area contributed by atoms with Gasteiger partial charge in [0.05, 0.1) is 7.11 Å². The monoisotopic (exact) mass is 501 g/mol. The second-order valence-corrected chi connectivity index (χ2v) is 10.3. The van der Waals surface area contributed by atoms with E-state index in [1.807, 2.05) is 0 Å². The van der Waals surface area contributed by atoms with Crippen LogP contribution in [0.5, 0.6) is 11.5 Å². The summed E-state index contributed by atoms with van der Waals surface area (Å²) in [4.78, 5) is 2.52. The summed E-state index contributed by atoms with van der Waals surface area (Å²) in [6, 6.07) is 37.1. The van der Waals surface area contributed by atoms with Crippen LogP contribution in [0.25, 0.3) is 21.5 Å². The highest BCUT2D eigenvalue weighted by Crippen LogP contribution is 2.40. The summed E-state index contributed by atoms with van der Waals surface area (Å²) in [5, 5.41) is 5.13. The van der Waals surface area contributed by atoms with Crippen molar-refractivity contribution in [2.45, 2.75) is 25.2 Å². The third kappa shape index (κ3) is 5.12. The van der Waals surface area contributed by atoms with Gasteiger partial charge >= 0.3 is 0 Å². The average molecular weight is 502 g/mol. The zero-order chi connectivity index (χ0) is 25.7. The van der Waals surface area contributed by atoms with Gasteiger partial charge in [-0.2, -0.15) is 0 Å². The number of ether oxygens (including phenoxy) is 2. The molecule has 0 spiro atoms. The lowest BCUT2D eigenvalue weighted by atomic mass is 9.81. The van der Waals surface area contributed by atoms with Gasteiger partial charge in [0.2, 0.25) is 0 Å². The molecular formula is C35H35NO2.